The lowest BCUT2D eigenvalue weighted by atomic mass is 10.0. The molecule has 104 valence electrons. The van der Waals surface area contributed by atoms with Crippen molar-refractivity contribution in [3.63, 3.8) is 0 Å². The van der Waals surface area contributed by atoms with Gasteiger partial charge in [-0.3, -0.25) is 0 Å². The molecule has 1 aromatic carbocycles. The Morgan fingerprint density at radius 2 is 1.85 bits per heavy atom. The second kappa shape index (κ2) is 5.82. The molecule has 1 fully saturated rings. The Morgan fingerprint density at radius 1 is 1.10 bits per heavy atom. The molecule has 0 bridgehead atoms. The third kappa shape index (κ3) is 2.74. The minimum Gasteiger partial charge on any atom is -0.383 e. The highest BCUT2D eigenvalue weighted by Crippen LogP contribution is 2.39. The van der Waals surface area contributed by atoms with Gasteiger partial charge in [0.15, 0.2) is 5.82 Å². The number of hydrogen-bond donors (Lipinski definition) is 1. The SMILES string of the molecule is Nc1nc(-c2cccc(Br)c2)nc(C2CCCC2)c1Br. The molecule has 2 N–H and O–H groups in total. The van der Waals surface area contributed by atoms with Crippen molar-refractivity contribution in [1.29, 1.82) is 0 Å². The van der Waals surface area contributed by atoms with Crippen LogP contribution in [0.1, 0.15) is 37.3 Å². The summed E-state index contributed by atoms with van der Waals surface area (Å²) >= 11 is 7.03. The van der Waals surface area contributed by atoms with Crippen LogP contribution in [-0.2, 0) is 0 Å². The Kier molecular flexibility index (Phi) is 4.08. The van der Waals surface area contributed by atoms with Crippen molar-refractivity contribution < 1.29 is 0 Å². The first-order chi connectivity index (χ1) is 9.65. The van der Waals surface area contributed by atoms with E-state index in [-0.39, 0.29) is 0 Å². The molecular formula is C15H15Br2N3. The van der Waals surface area contributed by atoms with Gasteiger partial charge < -0.3 is 5.73 Å². The van der Waals surface area contributed by atoms with E-state index >= 15 is 0 Å². The number of benzene rings is 1. The number of rotatable bonds is 2. The van der Waals surface area contributed by atoms with Gasteiger partial charge in [-0.1, -0.05) is 40.9 Å². The van der Waals surface area contributed by atoms with Crippen molar-refractivity contribution in [2.75, 3.05) is 5.73 Å². The minimum absolute atomic E-state index is 0.501. The third-order valence-electron chi connectivity index (χ3n) is 3.73. The Balaban J connectivity index is 2.08. The highest BCUT2D eigenvalue weighted by molar-refractivity contribution is 9.11. The summed E-state index contributed by atoms with van der Waals surface area (Å²) in [5, 5.41) is 0. The lowest BCUT2D eigenvalue weighted by Gasteiger charge is -2.14. The number of nitrogens with two attached hydrogens (primary N) is 1. The zero-order valence-electron chi connectivity index (χ0n) is 10.9. The standard InChI is InChI=1S/C15H15Br2N3/c16-11-7-3-6-10(8-11)15-19-13(9-4-1-2-5-9)12(17)14(18)20-15/h3,6-9H,1-2,4-5H2,(H2,18,19,20). The zero-order valence-corrected chi connectivity index (χ0v) is 14.1. The van der Waals surface area contributed by atoms with Crippen molar-refractivity contribution in [3.05, 3.63) is 38.9 Å². The normalized spacial score (nSPS) is 15.7. The summed E-state index contributed by atoms with van der Waals surface area (Å²) < 4.78 is 1.88. The monoisotopic (exact) mass is 395 g/mol. The van der Waals surface area contributed by atoms with Gasteiger partial charge in [-0.25, -0.2) is 9.97 Å². The van der Waals surface area contributed by atoms with E-state index in [0.29, 0.717) is 17.6 Å². The van der Waals surface area contributed by atoms with Gasteiger partial charge in [-0.15, -0.1) is 0 Å². The predicted octanol–water partition coefficient (Wildman–Crippen LogP) is 4.91. The third-order valence-corrected chi connectivity index (χ3v) is 5.03. The zero-order chi connectivity index (χ0) is 14.1. The fourth-order valence-electron chi connectivity index (χ4n) is 2.71. The van der Waals surface area contributed by atoms with Crippen molar-refractivity contribution in [2.24, 2.45) is 0 Å². The van der Waals surface area contributed by atoms with E-state index in [9.17, 15) is 0 Å². The molecule has 0 radical (unpaired) electrons. The summed E-state index contributed by atoms with van der Waals surface area (Å²) in [4.78, 5) is 9.18. The molecule has 0 aliphatic heterocycles. The maximum atomic E-state index is 6.05. The Morgan fingerprint density at radius 3 is 2.55 bits per heavy atom. The van der Waals surface area contributed by atoms with Crippen LogP contribution in [0.3, 0.4) is 0 Å². The summed E-state index contributed by atoms with van der Waals surface area (Å²) in [6.45, 7) is 0. The van der Waals surface area contributed by atoms with Gasteiger partial charge in [0.2, 0.25) is 0 Å². The molecule has 2 aromatic rings. The number of halogens is 2. The maximum absolute atomic E-state index is 6.05. The molecule has 1 aliphatic rings. The topological polar surface area (TPSA) is 51.8 Å². The molecule has 0 unspecified atom stereocenters. The Labute approximate surface area is 135 Å². The summed E-state index contributed by atoms with van der Waals surface area (Å²) in [5.74, 6) is 1.73. The fraction of sp³-hybridized carbons (Fsp3) is 0.333. The average molecular weight is 397 g/mol. The number of nitrogens with zero attached hydrogens (tertiary/aromatic N) is 2. The highest BCUT2D eigenvalue weighted by Gasteiger charge is 2.23. The maximum Gasteiger partial charge on any atom is 0.161 e. The van der Waals surface area contributed by atoms with Gasteiger partial charge in [-0.2, -0.15) is 0 Å². The molecule has 1 saturated carbocycles. The van der Waals surface area contributed by atoms with Gasteiger partial charge in [0, 0.05) is 16.0 Å². The minimum atomic E-state index is 0.501. The summed E-state index contributed by atoms with van der Waals surface area (Å²) in [7, 11) is 0. The fourth-order valence-corrected chi connectivity index (χ4v) is 3.61. The molecular weight excluding hydrogens is 382 g/mol. The summed E-state index contributed by atoms with van der Waals surface area (Å²) in [6.07, 6.45) is 4.92. The molecule has 1 aromatic heterocycles. The van der Waals surface area contributed by atoms with Crippen LogP contribution in [0, 0.1) is 0 Å². The molecule has 0 saturated heterocycles. The second-order valence-electron chi connectivity index (χ2n) is 5.12. The number of anilines is 1. The first kappa shape index (κ1) is 14.0. The van der Waals surface area contributed by atoms with E-state index in [1.165, 1.54) is 25.7 Å². The lowest BCUT2D eigenvalue weighted by Crippen LogP contribution is -2.05. The molecule has 1 heterocycles. The van der Waals surface area contributed by atoms with E-state index in [4.69, 9.17) is 10.7 Å². The molecule has 0 spiro atoms. The number of nitrogen functional groups attached to an aromatic ring is 1. The van der Waals surface area contributed by atoms with Crippen molar-refractivity contribution >= 4 is 37.7 Å². The quantitative estimate of drug-likeness (QED) is 0.784. The smallest absolute Gasteiger partial charge is 0.161 e. The van der Waals surface area contributed by atoms with Crippen LogP contribution in [0.5, 0.6) is 0 Å². The van der Waals surface area contributed by atoms with Crippen LogP contribution >= 0.6 is 31.9 Å². The van der Waals surface area contributed by atoms with Gasteiger partial charge >= 0.3 is 0 Å². The Bertz CT molecular complexity index is 637. The highest BCUT2D eigenvalue weighted by atomic mass is 79.9. The largest absolute Gasteiger partial charge is 0.383 e. The molecule has 5 heteroatoms. The Hall–Kier alpha value is -0.940. The van der Waals surface area contributed by atoms with Gasteiger partial charge in [0.25, 0.3) is 0 Å². The van der Waals surface area contributed by atoms with Gasteiger partial charge in [-0.05, 0) is 40.9 Å². The molecule has 0 amide bonds. The van der Waals surface area contributed by atoms with Crippen LogP contribution in [0.4, 0.5) is 5.82 Å². The second-order valence-corrected chi connectivity index (χ2v) is 6.83. The van der Waals surface area contributed by atoms with Crippen molar-refractivity contribution in [1.82, 2.24) is 9.97 Å². The van der Waals surface area contributed by atoms with Crippen molar-refractivity contribution in [3.8, 4) is 11.4 Å². The van der Waals surface area contributed by atoms with Crippen LogP contribution in [-0.4, -0.2) is 9.97 Å². The predicted molar refractivity (Wildman–Crippen MR) is 88.5 cm³/mol. The van der Waals surface area contributed by atoms with E-state index in [1.807, 2.05) is 24.3 Å². The van der Waals surface area contributed by atoms with Gasteiger partial charge in [0.05, 0.1) is 10.2 Å². The summed E-state index contributed by atoms with van der Waals surface area (Å²) in [5.41, 5.74) is 8.10. The van der Waals surface area contributed by atoms with E-state index < -0.39 is 0 Å². The number of aromatic nitrogens is 2. The van der Waals surface area contributed by atoms with Crippen LogP contribution in [0.15, 0.2) is 33.2 Å². The molecule has 3 nitrogen and oxygen atoms in total. The van der Waals surface area contributed by atoms with Crippen LogP contribution < -0.4 is 5.73 Å². The summed E-state index contributed by atoms with van der Waals surface area (Å²) in [6, 6.07) is 7.99. The first-order valence-corrected chi connectivity index (χ1v) is 8.32. The molecule has 0 atom stereocenters. The van der Waals surface area contributed by atoms with Gasteiger partial charge in [0.1, 0.15) is 5.82 Å². The van der Waals surface area contributed by atoms with E-state index in [0.717, 1.165) is 20.2 Å². The van der Waals surface area contributed by atoms with E-state index in [2.05, 4.69) is 36.8 Å². The lowest BCUT2D eigenvalue weighted by molar-refractivity contribution is 0.691. The number of hydrogen-bond acceptors (Lipinski definition) is 3. The molecule has 3 rings (SSSR count). The molecule has 20 heavy (non-hydrogen) atoms. The molecule has 1 aliphatic carbocycles. The van der Waals surface area contributed by atoms with Crippen LogP contribution in [0.2, 0.25) is 0 Å². The first-order valence-electron chi connectivity index (χ1n) is 6.74. The average Bonchev–Trinajstić information content (AvgIpc) is 2.95. The van der Waals surface area contributed by atoms with Crippen LogP contribution in [0.25, 0.3) is 11.4 Å². The van der Waals surface area contributed by atoms with E-state index in [1.54, 1.807) is 0 Å². The van der Waals surface area contributed by atoms with Crippen molar-refractivity contribution in [2.45, 2.75) is 31.6 Å².